The summed E-state index contributed by atoms with van der Waals surface area (Å²) in [5.74, 6) is 0. The number of benzene rings is 1. The molecular formula is C24H35N3. The van der Waals surface area contributed by atoms with Crippen LogP contribution in [0.5, 0.6) is 0 Å². The van der Waals surface area contributed by atoms with Gasteiger partial charge in [0.2, 0.25) is 0 Å². The molecule has 0 unspecified atom stereocenters. The van der Waals surface area contributed by atoms with Crippen LogP contribution in [0.2, 0.25) is 0 Å². The van der Waals surface area contributed by atoms with Crippen molar-refractivity contribution in [3.05, 3.63) is 45.7 Å². The second kappa shape index (κ2) is 9.34. The molecule has 0 aromatic heterocycles. The van der Waals surface area contributed by atoms with Crippen molar-refractivity contribution in [2.75, 3.05) is 6.54 Å². The molecule has 0 saturated heterocycles. The van der Waals surface area contributed by atoms with E-state index in [1.54, 1.807) is 0 Å². The Kier molecular flexibility index (Phi) is 6.87. The van der Waals surface area contributed by atoms with Crippen LogP contribution in [-0.4, -0.2) is 24.5 Å². The third-order valence-corrected chi connectivity index (χ3v) is 6.08. The van der Waals surface area contributed by atoms with Gasteiger partial charge in [0.05, 0.1) is 5.71 Å². The van der Waals surface area contributed by atoms with Crippen molar-refractivity contribution in [1.82, 2.24) is 5.32 Å². The first-order valence-electron chi connectivity index (χ1n) is 10.9. The number of hydrogen-bond donors (Lipinski definition) is 2. The molecule has 1 aromatic carbocycles. The molecule has 0 amide bonds. The van der Waals surface area contributed by atoms with Crippen LogP contribution in [0.15, 0.2) is 28.4 Å². The minimum Gasteiger partial charge on any atom is -0.385 e. The van der Waals surface area contributed by atoms with E-state index < -0.39 is 0 Å². The van der Waals surface area contributed by atoms with Gasteiger partial charge in [0.15, 0.2) is 0 Å². The van der Waals surface area contributed by atoms with Crippen LogP contribution in [0.25, 0.3) is 0 Å². The molecule has 1 aromatic rings. The lowest BCUT2D eigenvalue weighted by Crippen LogP contribution is -2.32. The van der Waals surface area contributed by atoms with Crippen LogP contribution in [-0.2, 0) is 6.42 Å². The second-order valence-electron chi connectivity index (χ2n) is 8.02. The van der Waals surface area contributed by atoms with E-state index in [4.69, 9.17) is 5.41 Å². The normalized spacial score (nSPS) is 18.0. The topological polar surface area (TPSA) is 48.2 Å². The van der Waals surface area contributed by atoms with E-state index in [9.17, 15) is 0 Å². The lowest BCUT2D eigenvalue weighted by Gasteiger charge is -2.28. The van der Waals surface area contributed by atoms with Gasteiger partial charge >= 0.3 is 0 Å². The average molecular weight is 366 g/mol. The first kappa shape index (κ1) is 19.9. The molecule has 2 N–H and O–H groups in total. The van der Waals surface area contributed by atoms with Gasteiger partial charge < -0.3 is 5.32 Å². The SMILES string of the molecule is CCC/C(NC1CCCCC1)=C(\CC)C(=N)c1ccc(C)c2c1C=NCC2. The van der Waals surface area contributed by atoms with Crippen LogP contribution < -0.4 is 5.32 Å². The van der Waals surface area contributed by atoms with E-state index in [-0.39, 0.29) is 0 Å². The standard InChI is InChI=1S/C24H35N3/c1-4-9-23(27-18-10-7-6-8-11-18)19(5-2)24(25)21-13-12-17(3)20-14-15-26-16-22(20)21/h12-13,16,18,25,27H,4-11,14-15H2,1-3H3/b23-19-,25-24?. The average Bonchev–Trinajstić information content (AvgIpc) is 2.70. The summed E-state index contributed by atoms with van der Waals surface area (Å²) in [4.78, 5) is 4.51. The summed E-state index contributed by atoms with van der Waals surface area (Å²) in [5.41, 5.74) is 8.10. The zero-order valence-electron chi connectivity index (χ0n) is 17.3. The molecule has 0 spiro atoms. The number of allylic oxidation sites excluding steroid dienone is 2. The lowest BCUT2D eigenvalue weighted by atomic mass is 9.87. The molecule has 3 nitrogen and oxygen atoms in total. The highest BCUT2D eigenvalue weighted by atomic mass is 14.9. The van der Waals surface area contributed by atoms with Crippen LogP contribution >= 0.6 is 0 Å². The molecule has 3 heteroatoms. The van der Waals surface area contributed by atoms with Crippen molar-refractivity contribution in [3.8, 4) is 0 Å². The zero-order chi connectivity index (χ0) is 19.2. The van der Waals surface area contributed by atoms with Crippen LogP contribution in [0.1, 0.15) is 87.5 Å². The number of aryl methyl sites for hydroxylation is 1. The Labute approximate surface area is 164 Å². The maximum atomic E-state index is 9.06. The predicted molar refractivity (Wildman–Crippen MR) is 116 cm³/mol. The highest BCUT2D eigenvalue weighted by molar-refractivity contribution is 6.15. The summed E-state index contributed by atoms with van der Waals surface area (Å²) in [7, 11) is 0. The molecular weight excluding hydrogens is 330 g/mol. The fourth-order valence-corrected chi connectivity index (χ4v) is 4.56. The Bertz CT molecular complexity index is 736. The van der Waals surface area contributed by atoms with E-state index in [1.165, 1.54) is 60.1 Å². The summed E-state index contributed by atoms with van der Waals surface area (Å²) in [6.07, 6.45) is 12.6. The third kappa shape index (κ3) is 4.51. The minimum atomic E-state index is 0.586. The molecule has 1 aliphatic carbocycles. The predicted octanol–water partition coefficient (Wildman–Crippen LogP) is 5.72. The van der Waals surface area contributed by atoms with Gasteiger partial charge in [-0.1, -0.05) is 51.7 Å². The van der Waals surface area contributed by atoms with Crippen LogP contribution in [0.4, 0.5) is 0 Å². The van der Waals surface area contributed by atoms with E-state index in [0.29, 0.717) is 11.8 Å². The fourth-order valence-electron chi connectivity index (χ4n) is 4.56. The summed E-state index contributed by atoms with van der Waals surface area (Å²) < 4.78 is 0. The maximum Gasteiger partial charge on any atom is 0.0667 e. The number of rotatable bonds is 7. The summed E-state index contributed by atoms with van der Waals surface area (Å²) >= 11 is 0. The van der Waals surface area contributed by atoms with Crippen molar-refractivity contribution in [2.45, 2.75) is 84.6 Å². The molecule has 3 rings (SSSR count). The molecule has 146 valence electrons. The van der Waals surface area contributed by atoms with Gasteiger partial charge in [0, 0.05) is 35.6 Å². The molecule has 0 atom stereocenters. The van der Waals surface area contributed by atoms with Crippen molar-refractivity contribution < 1.29 is 0 Å². The number of aliphatic imine (C=N–C) groups is 1. The smallest absolute Gasteiger partial charge is 0.0667 e. The van der Waals surface area contributed by atoms with Crippen molar-refractivity contribution in [3.63, 3.8) is 0 Å². The molecule has 2 aliphatic rings. The molecule has 1 aliphatic heterocycles. The van der Waals surface area contributed by atoms with Crippen LogP contribution in [0.3, 0.4) is 0 Å². The quantitative estimate of drug-likeness (QED) is 0.596. The number of nitrogens with zero attached hydrogens (tertiary/aromatic N) is 1. The Morgan fingerprint density at radius 3 is 2.67 bits per heavy atom. The van der Waals surface area contributed by atoms with Gasteiger partial charge in [-0.2, -0.15) is 0 Å². The zero-order valence-corrected chi connectivity index (χ0v) is 17.3. The Morgan fingerprint density at radius 2 is 1.96 bits per heavy atom. The molecule has 0 radical (unpaired) electrons. The first-order valence-corrected chi connectivity index (χ1v) is 10.9. The maximum absolute atomic E-state index is 9.06. The largest absolute Gasteiger partial charge is 0.385 e. The van der Waals surface area contributed by atoms with Gasteiger partial charge in [-0.05, 0) is 55.7 Å². The number of hydrogen-bond acceptors (Lipinski definition) is 3. The van der Waals surface area contributed by atoms with Crippen LogP contribution in [0, 0.1) is 12.3 Å². The minimum absolute atomic E-state index is 0.586. The summed E-state index contributed by atoms with van der Waals surface area (Å²) in [6, 6.07) is 4.90. The fraction of sp³-hybridized carbons (Fsp3) is 0.583. The Balaban J connectivity index is 1.96. The van der Waals surface area contributed by atoms with Gasteiger partial charge in [-0.3, -0.25) is 10.4 Å². The molecule has 1 fully saturated rings. The molecule has 1 saturated carbocycles. The number of nitrogens with one attached hydrogen (secondary N) is 2. The second-order valence-corrected chi connectivity index (χ2v) is 8.02. The van der Waals surface area contributed by atoms with E-state index in [0.717, 1.165) is 37.8 Å². The van der Waals surface area contributed by atoms with E-state index in [2.05, 4.69) is 43.2 Å². The molecule has 27 heavy (non-hydrogen) atoms. The highest BCUT2D eigenvalue weighted by Crippen LogP contribution is 2.27. The summed E-state index contributed by atoms with van der Waals surface area (Å²) in [6.45, 7) is 7.47. The van der Waals surface area contributed by atoms with Gasteiger partial charge in [-0.15, -0.1) is 0 Å². The molecule has 0 bridgehead atoms. The van der Waals surface area contributed by atoms with Gasteiger partial charge in [-0.25, -0.2) is 0 Å². The van der Waals surface area contributed by atoms with E-state index >= 15 is 0 Å². The monoisotopic (exact) mass is 365 g/mol. The van der Waals surface area contributed by atoms with E-state index in [1.807, 2.05) is 6.21 Å². The van der Waals surface area contributed by atoms with Crippen molar-refractivity contribution >= 4 is 11.9 Å². The summed E-state index contributed by atoms with van der Waals surface area (Å²) in [5, 5.41) is 12.9. The van der Waals surface area contributed by atoms with Crippen molar-refractivity contribution in [1.29, 1.82) is 5.41 Å². The molecule has 1 heterocycles. The Morgan fingerprint density at radius 1 is 1.19 bits per heavy atom. The number of fused-ring (bicyclic) bond motifs is 1. The van der Waals surface area contributed by atoms with Gasteiger partial charge in [0.25, 0.3) is 0 Å². The lowest BCUT2D eigenvalue weighted by molar-refractivity contribution is 0.391. The third-order valence-electron chi connectivity index (χ3n) is 6.08. The van der Waals surface area contributed by atoms with Gasteiger partial charge in [0.1, 0.15) is 0 Å². The Hall–Kier alpha value is -1.90. The first-order chi connectivity index (χ1) is 13.2. The highest BCUT2D eigenvalue weighted by Gasteiger charge is 2.21. The van der Waals surface area contributed by atoms with Crippen molar-refractivity contribution in [2.24, 2.45) is 4.99 Å².